The lowest BCUT2D eigenvalue weighted by Crippen LogP contribution is -2.34. The molecule has 2 aromatic rings. The Morgan fingerprint density at radius 3 is 2.42 bits per heavy atom. The molecule has 130 valence electrons. The fourth-order valence-corrected chi connectivity index (χ4v) is 2.66. The van der Waals surface area contributed by atoms with Gasteiger partial charge in [0.15, 0.2) is 0 Å². The minimum Gasteiger partial charge on any atom is -0.468 e. The fraction of sp³-hybridized carbons (Fsp3) is 0.312. The van der Waals surface area contributed by atoms with Gasteiger partial charge in [-0.15, -0.1) is 0 Å². The van der Waals surface area contributed by atoms with Crippen LogP contribution in [0.25, 0.3) is 0 Å². The molecular weight excluding hydrogens is 341 g/mol. The van der Waals surface area contributed by atoms with E-state index in [0.29, 0.717) is 12.1 Å². The van der Waals surface area contributed by atoms with Gasteiger partial charge in [-0.05, 0) is 62.3 Å². The SMILES string of the molecule is CN(C)C(CNC(=O)c1ccc(SC(F)(F)F)cc1)c1ccco1. The van der Waals surface area contributed by atoms with Crippen LogP contribution in [-0.4, -0.2) is 37.0 Å². The Morgan fingerprint density at radius 2 is 1.92 bits per heavy atom. The molecule has 0 aliphatic carbocycles. The maximum Gasteiger partial charge on any atom is 0.446 e. The predicted octanol–water partition coefficient (Wildman–Crippen LogP) is 3.92. The van der Waals surface area contributed by atoms with Gasteiger partial charge in [-0.3, -0.25) is 9.69 Å². The van der Waals surface area contributed by atoms with E-state index in [4.69, 9.17) is 4.42 Å². The van der Waals surface area contributed by atoms with Gasteiger partial charge in [-0.2, -0.15) is 13.2 Å². The molecule has 4 nitrogen and oxygen atoms in total. The zero-order chi connectivity index (χ0) is 17.7. The van der Waals surface area contributed by atoms with E-state index in [0.717, 1.165) is 5.76 Å². The van der Waals surface area contributed by atoms with E-state index in [2.05, 4.69) is 5.32 Å². The maximum atomic E-state index is 12.3. The van der Waals surface area contributed by atoms with Crippen LogP contribution in [0.5, 0.6) is 0 Å². The molecule has 1 amide bonds. The van der Waals surface area contributed by atoms with Crippen LogP contribution in [-0.2, 0) is 0 Å². The van der Waals surface area contributed by atoms with Gasteiger partial charge in [0.25, 0.3) is 5.91 Å². The lowest BCUT2D eigenvalue weighted by molar-refractivity contribution is -0.0328. The standard InChI is InChI=1S/C16H17F3N2O2S/c1-21(2)13(14-4-3-9-23-14)10-20-15(22)11-5-7-12(8-6-11)24-16(17,18)19/h3-9,13H,10H2,1-2H3,(H,20,22). The summed E-state index contributed by atoms with van der Waals surface area (Å²) >= 11 is -0.209. The molecule has 1 N–H and O–H groups in total. The first-order chi connectivity index (χ1) is 11.3. The quantitative estimate of drug-likeness (QED) is 0.795. The van der Waals surface area contributed by atoms with Crippen molar-refractivity contribution in [3.8, 4) is 0 Å². The summed E-state index contributed by atoms with van der Waals surface area (Å²) in [6.07, 6.45) is 1.56. The topological polar surface area (TPSA) is 45.5 Å². The Labute approximate surface area is 142 Å². The highest BCUT2D eigenvalue weighted by molar-refractivity contribution is 8.00. The van der Waals surface area contributed by atoms with Crippen molar-refractivity contribution in [2.24, 2.45) is 0 Å². The molecule has 0 aliphatic heterocycles. The van der Waals surface area contributed by atoms with Crippen LogP contribution in [0.2, 0.25) is 0 Å². The number of halogens is 3. The van der Waals surface area contributed by atoms with Crippen LogP contribution in [0.15, 0.2) is 52.0 Å². The first kappa shape index (κ1) is 18.4. The first-order valence-corrected chi connectivity index (χ1v) is 7.92. The van der Waals surface area contributed by atoms with E-state index in [9.17, 15) is 18.0 Å². The number of alkyl halides is 3. The average Bonchev–Trinajstić information content (AvgIpc) is 3.00. The van der Waals surface area contributed by atoms with E-state index in [1.807, 2.05) is 25.1 Å². The molecule has 0 fully saturated rings. The third kappa shape index (κ3) is 5.31. The molecule has 1 aromatic carbocycles. The number of carbonyl (C=O) groups excluding carboxylic acids is 1. The highest BCUT2D eigenvalue weighted by atomic mass is 32.2. The monoisotopic (exact) mass is 358 g/mol. The highest BCUT2D eigenvalue weighted by Crippen LogP contribution is 2.36. The van der Waals surface area contributed by atoms with Crippen molar-refractivity contribution in [2.45, 2.75) is 16.4 Å². The van der Waals surface area contributed by atoms with E-state index in [1.54, 1.807) is 12.3 Å². The third-order valence-electron chi connectivity index (χ3n) is 3.30. The van der Waals surface area contributed by atoms with Crippen molar-refractivity contribution in [2.75, 3.05) is 20.6 Å². The highest BCUT2D eigenvalue weighted by Gasteiger charge is 2.29. The van der Waals surface area contributed by atoms with Crippen molar-refractivity contribution in [1.29, 1.82) is 0 Å². The van der Waals surface area contributed by atoms with Crippen LogP contribution in [0, 0.1) is 0 Å². The number of amides is 1. The smallest absolute Gasteiger partial charge is 0.446 e. The maximum absolute atomic E-state index is 12.3. The number of benzene rings is 1. The number of hydrogen-bond donors (Lipinski definition) is 1. The van der Waals surface area contributed by atoms with Crippen molar-refractivity contribution in [3.05, 3.63) is 54.0 Å². The largest absolute Gasteiger partial charge is 0.468 e. The predicted molar refractivity (Wildman–Crippen MR) is 85.8 cm³/mol. The summed E-state index contributed by atoms with van der Waals surface area (Å²) in [7, 11) is 3.73. The number of nitrogens with one attached hydrogen (secondary N) is 1. The molecule has 2 rings (SSSR count). The van der Waals surface area contributed by atoms with Gasteiger partial charge in [-0.1, -0.05) is 0 Å². The summed E-state index contributed by atoms with van der Waals surface area (Å²) < 4.78 is 42.2. The van der Waals surface area contributed by atoms with E-state index in [-0.39, 0.29) is 28.6 Å². The van der Waals surface area contributed by atoms with Crippen LogP contribution < -0.4 is 5.32 Å². The van der Waals surface area contributed by atoms with Gasteiger partial charge in [-0.25, -0.2) is 0 Å². The molecule has 0 saturated carbocycles. The summed E-state index contributed by atoms with van der Waals surface area (Å²) in [5.74, 6) is 0.370. The molecule has 0 radical (unpaired) electrons. The fourth-order valence-electron chi connectivity index (χ4n) is 2.12. The molecule has 0 bridgehead atoms. The van der Waals surface area contributed by atoms with Crippen LogP contribution in [0.3, 0.4) is 0 Å². The van der Waals surface area contributed by atoms with E-state index in [1.165, 1.54) is 24.3 Å². The van der Waals surface area contributed by atoms with Crippen LogP contribution in [0.1, 0.15) is 22.2 Å². The van der Waals surface area contributed by atoms with Gasteiger partial charge >= 0.3 is 5.51 Å². The number of hydrogen-bond acceptors (Lipinski definition) is 4. The summed E-state index contributed by atoms with van der Waals surface area (Å²) in [5.41, 5.74) is -4.04. The lowest BCUT2D eigenvalue weighted by atomic mass is 10.2. The summed E-state index contributed by atoms with van der Waals surface area (Å²) in [4.78, 5) is 14.1. The average molecular weight is 358 g/mol. The number of nitrogens with zero attached hydrogens (tertiary/aromatic N) is 1. The van der Waals surface area contributed by atoms with E-state index < -0.39 is 5.51 Å². The second kappa shape index (κ2) is 7.76. The molecule has 0 spiro atoms. The molecule has 0 aliphatic rings. The normalized spacial score (nSPS) is 13.1. The van der Waals surface area contributed by atoms with Crippen LogP contribution >= 0.6 is 11.8 Å². The molecule has 1 aromatic heterocycles. The van der Waals surface area contributed by atoms with Gasteiger partial charge in [0, 0.05) is 17.0 Å². The molecule has 24 heavy (non-hydrogen) atoms. The second-order valence-electron chi connectivity index (χ2n) is 5.28. The summed E-state index contributed by atoms with van der Waals surface area (Å²) in [5, 5.41) is 2.77. The number of furan rings is 1. The molecule has 8 heteroatoms. The zero-order valence-corrected chi connectivity index (χ0v) is 13.9. The van der Waals surface area contributed by atoms with Crippen LogP contribution in [0.4, 0.5) is 13.2 Å². The lowest BCUT2D eigenvalue weighted by Gasteiger charge is -2.22. The van der Waals surface area contributed by atoms with Gasteiger partial charge in [0.2, 0.25) is 0 Å². The molecule has 0 saturated heterocycles. The third-order valence-corrected chi connectivity index (χ3v) is 4.04. The van der Waals surface area contributed by atoms with Gasteiger partial charge < -0.3 is 9.73 Å². The molecule has 1 unspecified atom stereocenters. The summed E-state index contributed by atoms with van der Waals surface area (Å²) in [6.45, 7) is 0.318. The van der Waals surface area contributed by atoms with Crippen molar-refractivity contribution in [3.63, 3.8) is 0 Å². The van der Waals surface area contributed by atoms with Gasteiger partial charge in [0.05, 0.1) is 12.3 Å². The van der Waals surface area contributed by atoms with Gasteiger partial charge in [0.1, 0.15) is 5.76 Å². The minimum atomic E-state index is -4.34. The Morgan fingerprint density at radius 1 is 1.25 bits per heavy atom. The molecule has 1 heterocycles. The van der Waals surface area contributed by atoms with E-state index >= 15 is 0 Å². The number of likely N-dealkylation sites (N-methyl/N-ethyl adjacent to an activating group) is 1. The summed E-state index contributed by atoms with van der Waals surface area (Å²) in [6, 6.07) is 8.77. The zero-order valence-electron chi connectivity index (χ0n) is 13.1. The number of carbonyl (C=O) groups is 1. The Kier molecular flexibility index (Phi) is 5.95. The Bertz CT molecular complexity index is 655. The van der Waals surface area contributed by atoms with Crippen molar-refractivity contribution >= 4 is 17.7 Å². The second-order valence-corrected chi connectivity index (χ2v) is 6.42. The van der Waals surface area contributed by atoms with Crippen molar-refractivity contribution in [1.82, 2.24) is 10.2 Å². The first-order valence-electron chi connectivity index (χ1n) is 7.10. The molecular formula is C16H17F3N2O2S. The Balaban J connectivity index is 1.96. The van der Waals surface area contributed by atoms with Crippen molar-refractivity contribution < 1.29 is 22.4 Å². The minimum absolute atomic E-state index is 0.0424. The number of thioether (sulfide) groups is 1. The Hall–Kier alpha value is -1.93. The molecule has 1 atom stereocenters. The number of rotatable bonds is 6.